The van der Waals surface area contributed by atoms with Crippen LogP contribution in [0.25, 0.3) is 11.1 Å². The highest BCUT2D eigenvalue weighted by atomic mass is 19.4. The SMILES string of the molecule is CCCCCCCCC[B-](CCCCCCCCC)(CCCCCCCCC)CCCCCCCCC.CCC[NH2+]CC(C)CCC(CC)CCC.Fc1c(F)c(F)c(-c2c(C(F)(F)F)c(F)c(F)c(F)c2C(F)(F)C(F)(F)F)c(F)c1F. The number of hydrogen-bond acceptors (Lipinski definition) is 0. The molecule has 0 saturated heterocycles. The van der Waals surface area contributed by atoms with Gasteiger partial charge in [0.2, 0.25) is 5.82 Å². The molecule has 0 bridgehead atoms. The summed E-state index contributed by atoms with van der Waals surface area (Å²) in [5.41, 5.74) is -14.2. The number of benzene rings is 2. The van der Waals surface area contributed by atoms with Gasteiger partial charge in [-0.3, -0.25) is 0 Å². The first-order valence-electron chi connectivity index (χ1n) is 32.5. The van der Waals surface area contributed by atoms with E-state index in [0.717, 1.165) is 11.8 Å². The van der Waals surface area contributed by atoms with Gasteiger partial charge in [-0.15, -0.1) is 0 Å². The van der Waals surface area contributed by atoms with Crippen molar-refractivity contribution in [2.45, 2.75) is 317 Å². The smallest absolute Gasteiger partial charge is 0.346 e. The maximum atomic E-state index is 13.9. The summed E-state index contributed by atoms with van der Waals surface area (Å²) in [6.07, 6.45) is 42.3. The summed E-state index contributed by atoms with van der Waals surface area (Å²) in [5, 5.41) is 2.48. The van der Waals surface area contributed by atoms with Crippen LogP contribution in [0.1, 0.15) is 285 Å². The molecule has 0 saturated carbocycles. The minimum Gasteiger partial charge on any atom is -0.346 e. The summed E-state index contributed by atoms with van der Waals surface area (Å²) in [4.78, 5) is 0. The minimum absolute atomic E-state index is 0.120. The zero-order chi connectivity index (χ0) is 63.1. The number of halogens is 16. The lowest BCUT2D eigenvalue weighted by molar-refractivity contribution is -0.660. The average Bonchev–Trinajstić information content (AvgIpc) is 2.08. The molecule has 0 aromatic heterocycles. The van der Waals surface area contributed by atoms with Crippen molar-refractivity contribution >= 4 is 6.15 Å². The second-order valence-corrected chi connectivity index (χ2v) is 24.0. The molecule has 2 atom stereocenters. The van der Waals surface area contributed by atoms with E-state index in [1.807, 2.05) is 0 Å². The van der Waals surface area contributed by atoms with Gasteiger partial charge in [-0.25, -0.2) is 35.1 Å². The van der Waals surface area contributed by atoms with Crippen molar-refractivity contribution < 1.29 is 75.6 Å². The first-order valence-corrected chi connectivity index (χ1v) is 32.5. The normalized spacial score (nSPS) is 13.0. The molecule has 1 nitrogen and oxygen atoms in total. The maximum absolute atomic E-state index is 13.9. The van der Waals surface area contributed by atoms with Crippen LogP contribution in [-0.2, 0) is 12.1 Å². The Bertz CT molecular complexity index is 1870. The lowest BCUT2D eigenvalue weighted by Crippen LogP contribution is -2.85. The third-order valence-corrected chi connectivity index (χ3v) is 16.8. The van der Waals surface area contributed by atoms with Crippen LogP contribution in [0.3, 0.4) is 0 Å². The second kappa shape index (κ2) is 44.7. The highest BCUT2D eigenvalue weighted by Gasteiger charge is 2.63. The number of hydrogen-bond donors (Lipinski definition) is 1. The average molecular weight is 1220 g/mol. The Morgan fingerprint density at radius 1 is 0.349 bits per heavy atom. The molecule has 2 rings (SSSR count). The Labute approximate surface area is 491 Å². The van der Waals surface area contributed by atoms with Gasteiger partial charge in [0.1, 0.15) is 5.56 Å². The second-order valence-electron chi connectivity index (χ2n) is 24.0. The van der Waals surface area contributed by atoms with E-state index in [0.29, 0.717) is 0 Å². The molecule has 18 heteroatoms. The Balaban J connectivity index is 0.00000132. The van der Waals surface area contributed by atoms with Crippen molar-refractivity contribution in [2.24, 2.45) is 11.8 Å². The van der Waals surface area contributed by atoms with Crippen molar-refractivity contribution in [3.05, 3.63) is 57.7 Å². The van der Waals surface area contributed by atoms with Crippen LogP contribution < -0.4 is 5.32 Å². The van der Waals surface area contributed by atoms with E-state index in [9.17, 15) is 70.2 Å². The summed E-state index contributed by atoms with van der Waals surface area (Å²) in [6.45, 7) is 21.3. The fourth-order valence-electron chi connectivity index (χ4n) is 11.6. The van der Waals surface area contributed by atoms with Gasteiger partial charge in [0.05, 0.1) is 24.2 Å². The predicted octanol–water partition coefficient (Wildman–Crippen LogP) is 24.8. The van der Waals surface area contributed by atoms with Crippen molar-refractivity contribution in [1.29, 1.82) is 0 Å². The highest BCUT2D eigenvalue weighted by Crippen LogP contribution is 2.54. The van der Waals surface area contributed by atoms with Crippen molar-refractivity contribution in [2.75, 3.05) is 13.1 Å². The molecule has 488 valence electrons. The van der Waals surface area contributed by atoms with Gasteiger partial charge >= 0.3 is 18.3 Å². The Morgan fingerprint density at radius 2 is 0.675 bits per heavy atom. The Kier molecular flexibility index (Phi) is 43.3. The molecule has 2 N–H and O–H groups in total. The minimum atomic E-state index is -7.10. The number of alkyl halides is 8. The Hall–Kier alpha value is -2.66. The predicted molar refractivity (Wildman–Crippen MR) is 312 cm³/mol. The molecule has 0 aliphatic carbocycles. The molecule has 2 unspecified atom stereocenters. The lowest BCUT2D eigenvalue weighted by Gasteiger charge is -2.41. The molecule has 0 aliphatic heterocycles. The van der Waals surface area contributed by atoms with Gasteiger partial charge in [0.25, 0.3) is 0 Å². The molecule has 0 aliphatic rings. The van der Waals surface area contributed by atoms with E-state index in [1.54, 1.807) is 25.3 Å². The highest BCUT2D eigenvalue weighted by molar-refractivity contribution is 6.79. The van der Waals surface area contributed by atoms with Crippen LogP contribution in [0.5, 0.6) is 0 Å². The molecule has 0 spiro atoms. The zero-order valence-corrected chi connectivity index (χ0v) is 52.1. The molecule has 0 radical (unpaired) electrons. The summed E-state index contributed by atoms with van der Waals surface area (Å²) >= 11 is 0. The molecule has 0 fully saturated rings. The van der Waals surface area contributed by atoms with Crippen LogP contribution in [0.2, 0.25) is 25.3 Å². The largest absolute Gasteiger partial charge is 0.458 e. The standard InChI is InChI=1S/C36H76B.C15F16.C14H31N/c1-5-9-13-17-21-25-29-33-37(34-30-26-22-18-14-10-6-2,35-31-27-23-19-15-11-7-3)36-32-28-24-20-16-12-8-4;16-5-2(6(17)10(21)12(23)9(5)20)1-3(13(24,25)15(29,30)31)7(18)11(22)8(19)4(1)14(26,27)28;1-5-8-14(7-3)10-9-13(4)12-15-11-6-2/h5-36H2,1-4H3;;13-15H,5-12H2,1-4H3/q-1;;/p+1. The van der Waals surface area contributed by atoms with E-state index < -0.39 is 87.1 Å². The fraction of sp³-hybridized carbons (Fsp3) is 0.815. The van der Waals surface area contributed by atoms with Gasteiger partial charge < -0.3 is 5.32 Å². The van der Waals surface area contributed by atoms with Gasteiger partial charge in [0.15, 0.2) is 40.7 Å². The number of nitrogens with two attached hydrogens (primary N) is 1. The molecule has 2 aromatic rings. The first kappa shape index (κ1) is 80.3. The van der Waals surface area contributed by atoms with Crippen LogP contribution in [0, 0.1) is 58.4 Å². The van der Waals surface area contributed by atoms with E-state index in [4.69, 9.17) is 0 Å². The zero-order valence-electron chi connectivity index (χ0n) is 52.1. The van der Waals surface area contributed by atoms with Crippen molar-refractivity contribution in [1.82, 2.24) is 0 Å². The van der Waals surface area contributed by atoms with Crippen molar-refractivity contribution in [3.63, 3.8) is 0 Å². The van der Waals surface area contributed by atoms with Crippen LogP contribution >= 0.6 is 0 Å². The third kappa shape index (κ3) is 30.2. The summed E-state index contributed by atoms with van der Waals surface area (Å²) in [6, 6.07) is 0. The number of unbranched alkanes of at least 4 members (excludes halogenated alkanes) is 24. The third-order valence-electron chi connectivity index (χ3n) is 16.8. The molecule has 2 aromatic carbocycles. The number of rotatable bonds is 44. The molecule has 0 heterocycles. The summed E-state index contributed by atoms with van der Waals surface area (Å²) in [5.74, 6) is -32.2. The first-order chi connectivity index (χ1) is 39.3. The van der Waals surface area contributed by atoms with Crippen LogP contribution in [0.15, 0.2) is 0 Å². The van der Waals surface area contributed by atoms with E-state index in [-0.39, 0.29) is 6.15 Å². The number of quaternary nitrogens is 1. The van der Waals surface area contributed by atoms with Crippen LogP contribution in [-0.4, -0.2) is 25.4 Å². The molecule has 83 heavy (non-hydrogen) atoms. The van der Waals surface area contributed by atoms with E-state index in [1.165, 1.54) is 231 Å². The molecule has 0 amide bonds. The van der Waals surface area contributed by atoms with Gasteiger partial charge in [-0.1, -0.05) is 254 Å². The van der Waals surface area contributed by atoms with Gasteiger partial charge in [-0.05, 0) is 25.2 Å². The monoisotopic (exact) mass is 1220 g/mol. The summed E-state index contributed by atoms with van der Waals surface area (Å²) < 4.78 is 214. The molecular weight excluding hydrogens is 1110 g/mol. The molecular formula is C65H108BF16N. The van der Waals surface area contributed by atoms with Gasteiger partial charge in [0, 0.05) is 17.6 Å². The topological polar surface area (TPSA) is 16.6 Å². The lowest BCUT2D eigenvalue weighted by atomic mass is 9.17. The van der Waals surface area contributed by atoms with E-state index >= 15 is 0 Å². The fourth-order valence-corrected chi connectivity index (χ4v) is 11.6. The summed E-state index contributed by atoms with van der Waals surface area (Å²) in [7, 11) is 0. The quantitative estimate of drug-likeness (QED) is 0.0224. The van der Waals surface area contributed by atoms with Gasteiger partial charge in [-0.2, -0.15) is 60.4 Å². The van der Waals surface area contributed by atoms with E-state index in [2.05, 4.69) is 60.7 Å². The van der Waals surface area contributed by atoms with Crippen LogP contribution in [0.4, 0.5) is 70.2 Å². The van der Waals surface area contributed by atoms with Crippen molar-refractivity contribution in [3.8, 4) is 11.1 Å². The maximum Gasteiger partial charge on any atom is 0.458 e. The Morgan fingerprint density at radius 3 is 0.988 bits per heavy atom.